The normalized spacial score (nSPS) is 29.9. The number of hydrogen-bond acceptors (Lipinski definition) is 5. The van der Waals surface area contributed by atoms with E-state index in [2.05, 4.69) is 16.5 Å². The standard InChI is InChI=1S/C14H21N3O2S/c15-17-14(12-5-1-2-9-20(12,18)19)11-7-6-10-4-3-8-16-13(10)11/h3-4,8,11-12,14,17H,1-2,5-7,9,15H2. The highest BCUT2D eigenvalue weighted by molar-refractivity contribution is 7.92. The maximum absolute atomic E-state index is 12.3. The number of nitrogens with two attached hydrogens (primary N) is 1. The third-order valence-electron chi connectivity index (χ3n) is 4.66. The van der Waals surface area contributed by atoms with Crippen molar-refractivity contribution >= 4 is 9.84 Å². The second-order valence-electron chi connectivity index (χ2n) is 5.79. The molecule has 5 nitrogen and oxygen atoms in total. The molecule has 0 saturated carbocycles. The van der Waals surface area contributed by atoms with Crippen LogP contribution in [-0.4, -0.2) is 30.4 Å². The Bertz CT molecular complexity index is 588. The summed E-state index contributed by atoms with van der Waals surface area (Å²) in [6.07, 6.45) is 6.10. The number of hydrazine groups is 1. The number of pyridine rings is 1. The van der Waals surface area contributed by atoms with E-state index >= 15 is 0 Å². The topological polar surface area (TPSA) is 85.1 Å². The molecule has 2 heterocycles. The second-order valence-corrected chi connectivity index (χ2v) is 8.13. The molecule has 0 radical (unpaired) electrons. The monoisotopic (exact) mass is 295 g/mol. The molecular formula is C14H21N3O2S. The van der Waals surface area contributed by atoms with E-state index in [9.17, 15) is 8.42 Å². The van der Waals surface area contributed by atoms with Gasteiger partial charge in [-0.15, -0.1) is 0 Å². The molecule has 0 bridgehead atoms. The molecule has 20 heavy (non-hydrogen) atoms. The molecule has 6 heteroatoms. The van der Waals surface area contributed by atoms with Crippen LogP contribution in [-0.2, 0) is 16.3 Å². The summed E-state index contributed by atoms with van der Waals surface area (Å²) in [7, 11) is -3.05. The summed E-state index contributed by atoms with van der Waals surface area (Å²) in [6.45, 7) is 0. The third kappa shape index (κ3) is 2.36. The van der Waals surface area contributed by atoms with Crippen LogP contribution >= 0.6 is 0 Å². The molecule has 3 N–H and O–H groups in total. The van der Waals surface area contributed by atoms with Gasteiger partial charge in [0.15, 0.2) is 9.84 Å². The van der Waals surface area contributed by atoms with Crippen molar-refractivity contribution < 1.29 is 8.42 Å². The van der Waals surface area contributed by atoms with Crippen molar-refractivity contribution in [1.29, 1.82) is 0 Å². The summed E-state index contributed by atoms with van der Waals surface area (Å²) in [5, 5.41) is -0.376. The Morgan fingerprint density at radius 2 is 2.20 bits per heavy atom. The van der Waals surface area contributed by atoms with Crippen molar-refractivity contribution in [1.82, 2.24) is 10.4 Å². The third-order valence-corrected chi connectivity index (χ3v) is 6.97. The smallest absolute Gasteiger partial charge is 0.154 e. The summed E-state index contributed by atoms with van der Waals surface area (Å²) in [5.41, 5.74) is 5.04. The number of aryl methyl sites for hydroxylation is 1. The van der Waals surface area contributed by atoms with Gasteiger partial charge in [0.25, 0.3) is 0 Å². The van der Waals surface area contributed by atoms with Crippen molar-refractivity contribution in [2.45, 2.75) is 49.3 Å². The second kappa shape index (κ2) is 5.42. The van der Waals surface area contributed by atoms with Gasteiger partial charge in [0, 0.05) is 23.9 Å². The lowest BCUT2D eigenvalue weighted by molar-refractivity contribution is 0.382. The molecule has 3 rings (SSSR count). The lowest BCUT2D eigenvalue weighted by Gasteiger charge is -2.33. The molecule has 1 aromatic heterocycles. The number of rotatable bonds is 3. The average Bonchev–Trinajstić information content (AvgIpc) is 2.85. The largest absolute Gasteiger partial charge is 0.271 e. The number of aromatic nitrogens is 1. The number of nitrogens with one attached hydrogen (secondary N) is 1. The Kier molecular flexibility index (Phi) is 3.79. The Labute approximate surface area is 119 Å². The Morgan fingerprint density at radius 1 is 1.35 bits per heavy atom. The van der Waals surface area contributed by atoms with Gasteiger partial charge < -0.3 is 0 Å². The van der Waals surface area contributed by atoms with Crippen LogP contribution in [0, 0.1) is 0 Å². The van der Waals surface area contributed by atoms with Gasteiger partial charge in [-0.3, -0.25) is 16.3 Å². The highest BCUT2D eigenvalue weighted by Crippen LogP contribution is 2.37. The number of sulfone groups is 1. The van der Waals surface area contributed by atoms with E-state index in [4.69, 9.17) is 5.84 Å². The minimum absolute atomic E-state index is 0.106. The number of nitrogens with zero attached hydrogens (tertiary/aromatic N) is 1. The predicted octanol–water partition coefficient (Wildman–Crippen LogP) is 0.911. The minimum atomic E-state index is -3.05. The zero-order chi connectivity index (χ0) is 14.2. The summed E-state index contributed by atoms with van der Waals surface area (Å²) in [5.74, 6) is 6.11. The van der Waals surface area contributed by atoms with Gasteiger partial charge in [-0.25, -0.2) is 8.42 Å². The van der Waals surface area contributed by atoms with E-state index in [1.807, 2.05) is 6.07 Å². The van der Waals surface area contributed by atoms with Crippen LogP contribution in [0.15, 0.2) is 18.3 Å². The van der Waals surface area contributed by atoms with Gasteiger partial charge in [-0.1, -0.05) is 12.5 Å². The summed E-state index contributed by atoms with van der Waals surface area (Å²) in [4.78, 5) is 4.46. The molecule has 1 fully saturated rings. The fourth-order valence-electron chi connectivity index (χ4n) is 3.66. The molecule has 110 valence electrons. The molecule has 1 saturated heterocycles. The van der Waals surface area contributed by atoms with Crippen molar-refractivity contribution in [3.05, 3.63) is 29.6 Å². The van der Waals surface area contributed by atoms with Gasteiger partial charge >= 0.3 is 0 Å². The molecule has 0 amide bonds. The van der Waals surface area contributed by atoms with Crippen molar-refractivity contribution in [3.8, 4) is 0 Å². The summed E-state index contributed by atoms with van der Waals surface area (Å²) in [6, 6.07) is 3.78. The average molecular weight is 295 g/mol. The Morgan fingerprint density at radius 3 is 2.95 bits per heavy atom. The summed E-state index contributed by atoms with van der Waals surface area (Å²) < 4.78 is 24.7. The molecule has 1 aliphatic carbocycles. The molecule has 2 aliphatic rings. The molecule has 3 unspecified atom stereocenters. The van der Waals surface area contributed by atoms with E-state index in [0.717, 1.165) is 31.4 Å². The number of hydrogen-bond donors (Lipinski definition) is 2. The first-order valence-corrected chi connectivity index (χ1v) is 8.96. The van der Waals surface area contributed by atoms with Crippen LogP contribution in [0.5, 0.6) is 0 Å². The molecule has 0 aromatic carbocycles. The van der Waals surface area contributed by atoms with Crippen LogP contribution < -0.4 is 11.3 Å². The fraction of sp³-hybridized carbons (Fsp3) is 0.643. The van der Waals surface area contributed by atoms with Crippen molar-refractivity contribution in [2.24, 2.45) is 5.84 Å². The molecule has 0 spiro atoms. The van der Waals surface area contributed by atoms with Gasteiger partial charge in [-0.05, 0) is 37.3 Å². The minimum Gasteiger partial charge on any atom is -0.271 e. The van der Waals surface area contributed by atoms with E-state index in [1.165, 1.54) is 5.56 Å². The van der Waals surface area contributed by atoms with Gasteiger partial charge in [0.1, 0.15) is 0 Å². The lowest BCUT2D eigenvalue weighted by atomic mass is 9.92. The molecule has 1 aromatic rings. The molecular weight excluding hydrogens is 274 g/mol. The molecule has 1 aliphatic heterocycles. The van der Waals surface area contributed by atoms with Crippen LogP contribution in [0.25, 0.3) is 0 Å². The van der Waals surface area contributed by atoms with Crippen molar-refractivity contribution in [2.75, 3.05) is 5.75 Å². The van der Waals surface area contributed by atoms with Gasteiger partial charge in [-0.2, -0.15) is 0 Å². The fourth-order valence-corrected chi connectivity index (χ4v) is 5.81. The lowest BCUT2D eigenvalue weighted by Crippen LogP contribution is -2.52. The first kappa shape index (κ1) is 14.0. The van der Waals surface area contributed by atoms with Gasteiger partial charge in [0.05, 0.1) is 11.0 Å². The van der Waals surface area contributed by atoms with Crippen LogP contribution in [0.3, 0.4) is 0 Å². The highest BCUT2D eigenvalue weighted by atomic mass is 32.2. The maximum atomic E-state index is 12.3. The predicted molar refractivity (Wildman–Crippen MR) is 77.8 cm³/mol. The zero-order valence-corrected chi connectivity index (χ0v) is 12.3. The van der Waals surface area contributed by atoms with Crippen LogP contribution in [0.1, 0.15) is 42.9 Å². The Hall–Kier alpha value is -0.980. The SMILES string of the molecule is NNC(C1CCc2cccnc21)C1CCCCS1(=O)=O. The number of fused-ring (bicyclic) bond motifs is 1. The first-order valence-electron chi connectivity index (χ1n) is 7.25. The quantitative estimate of drug-likeness (QED) is 0.639. The van der Waals surface area contributed by atoms with E-state index in [0.29, 0.717) is 6.42 Å². The van der Waals surface area contributed by atoms with E-state index in [1.54, 1.807) is 6.20 Å². The first-order chi connectivity index (χ1) is 9.63. The van der Waals surface area contributed by atoms with E-state index < -0.39 is 9.84 Å². The molecule has 3 atom stereocenters. The van der Waals surface area contributed by atoms with E-state index in [-0.39, 0.29) is 23.0 Å². The van der Waals surface area contributed by atoms with Crippen molar-refractivity contribution in [3.63, 3.8) is 0 Å². The summed E-state index contributed by atoms with van der Waals surface area (Å²) >= 11 is 0. The Balaban J connectivity index is 1.91. The maximum Gasteiger partial charge on any atom is 0.154 e. The van der Waals surface area contributed by atoms with Crippen LogP contribution in [0.4, 0.5) is 0 Å². The van der Waals surface area contributed by atoms with Crippen LogP contribution in [0.2, 0.25) is 0 Å². The van der Waals surface area contributed by atoms with Gasteiger partial charge in [0.2, 0.25) is 0 Å². The zero-order valence-electron chi connectivity index (χ0n) is 11.5. The highest BCUT2D eigenvalue weighted by Gasteiger charge is 2.42.